The molecule has 0 N–H and O–H groups in total. The zero-order valence-corrected chi connectivity index (χ0v) is 17.9. The number of fused-ring (bicyclic) bond motifs is 1. The zero-order chi connectivity index (χ0) is 21.5. The van der Waals surface area contributed by atoms with Gasteiger partial charge in [0.25, 0.3) is 5.56 Å². The van der Waals surface area contributed by atoms with Gasteiger partial charge in [-0.15, -0.1) is 5.10 Å². The molecule has 1 aromatic carbocycles. The van der Waals surface area contributed by atoms with E-state index in [1.165, 1.54) is 16.1 Å². The van der Waals surface area contributed by atoms with Crippen LogP contribution in [0.2, 0.25) is 5.02 Å². The lowest BCUT2D eigenvalue weighted by Gasteiger charge is -2.15. The second-order valence-corrected chi connectivity index (χ2v) is 7.38. The van der Waals surface area contributed by atoms with Crippen LogP contribution in [-0.4, -0.2) is 20.8 Å². The molecule has 0 radical (unpaired) electrons. The largest absolute Gasteiger partial charge is 0.488 e. The fourth-order valence-electron chi connectivity index (χ4n) is 3.70. The van der Waals surface area contributed by atoms with Crippen LogP contribution in [0.5, 0.6) is 5.75 Å². The lowest BCUT2D eigenvalue weighted by Crippen LogP contribution is -2.24. The molecule has 5 nitrogen and oxygen atoms in total. The van der Waals surface area contributed by atoms with Crippen LogP contribution in [0, 0.1) is 18.6 Å². The highest BCUT2D eigenvalue weighted by Gasteiger charge is 2.25. The Hall–Kier alpha value is -2.41. The second-order valence-electron chi connectivity index (χ2n) is 7.00. The van der Waals surface area contributed by atoms with Gasteiger partial charge in [0.05, 0.1) is 11.6 Å². The SMILES string of the molecule is CCOc1c(F)cc(-c2nn3c(C)cc(C(CC)CC)c3c(=O)n2C)c(Cl)c1F. The van der Waals surface area contributed by atoms with Crippen molar-refractivity contribution in [2.45, 2.75) is 46.5 Å². The quantitative estimate of drug-likeness (QED) is 0.509. The van der Waals surface area contributed by atoms with E-state index in [4.69, 9.17) is 16.3 Å². The number of hydrogen-bond acceptors (Lipinski definition) is 3. The van der Waals surface area contributed by atoms with E-state index >= 15 is 0 Å². The minimum absolute atomic E-state index is 0.0104. The number of hydrogen-bond donors (Lipinski definition) is 0. The Morgan fingerprint density at radius 1 is 1.21 bits per heavy atom. The summed E-state index contributed by atoms with van der Waals surface area (Å²) >= 11 is 6.17. The Morgan fingerprint density at radius 3 is 2.45 bits per heavy atom. The van der Waals surface area contributed by atoms with Gasteiger partial charge in [-0.1, -0.05) is 25.4 Å². The van der Waals surface area contributed by atoms with E-state index in [2.05, 4.69) is 18.9 Å². The van der Waals surface area contributed by atoms with Gasteiger partial charge in [-0.25, -0.2) is 13.3 Å². The zero-order valence-electron chi connectivity index (χ0n) is 17.1. The fraction of sp³-hybridized carbons (Fsp3) is 0.429. The summed E-state index contributed by atoms with van der Waals surface area (Å²) in [5.74, 6) is -2.16. The van der Waals surface area contributed by atoms with E-state index in [1.54, 1.807) is 6.92 Å². The van der Waals surface area contributed by atoms with Crippen molar-refractivity contribution in [2.24, 2.45) is 7.05 Å². The molecule has 0 unspecified atom stereocenters. The number of rotatable bonds is 6. The molecule has 8 heteroatoms. The van der Waals surface area contributed by atoms with Crippen molar-refractivity contribution >= 4 is 17.1 Å². The Labute approximate surface area is 172 Å². The predicted octanol–water partition coefficient (Wildman–Crippen LogP) is 5.24. The molecule has 0 fully saturated rings. The molecule has 2 aromatic heterocycles. The van der Waals surface area contributed by atoms with Crippen LogP contribution in [-0.2, 0) is 7.05 Å². The Morgan fingerprint density at radius 2 is 1.86 bits per heavy atom. The van der Waals surface area contributed by atoms with Crippen LogP contribution in [0.15, 0.2) is 16.9 Å². The lowest BCUT2D eigenvalue weighted by atomic mass is 9.95. The van der Waals surface area contributed by atoms with E-state index in [1.807, 2.05) is 13.0 Å². The topological polar surface area (TPSA) is 48.5 Å². The summed E-state index contributed by atoms with van der Waals surface area (Å²) in [5, 5.41) is 4.17. The van der Waals surface area contributed by atoms with Crippen LogP contribution in [0.4, 0.5) is 8.78 Å². The van der Waals surface area contributed by atoms with Crippen molar-refractivity contribution < 1.29 is 13.5 Å². The van der Waals surface area contributed by atoms with Gasteiger partial charge in [-0.2, -0.15) is 0 Å². The summed E-state index contributed by atoms with van der Waals surface area (Å²) in [6.45, 7) is 7.70. The number of benzene rings is 1. The van der Waals surface area contributed by atoms with Gasteiger partial charge in [-0.3, -0.25) is 9.36 Å². The average Bonchev–Trinajstić information content (AvgIpc) is 3.02. The first-order valence-corrected chi connectivity index (χ1v) is 10.0. The maximum Gasteiger partial charge on any atom is 0.278 e. The third kappa shape index (κ3) is 3.41. The third-order valence-corrected chi connectivity index (χ3v) is 5.64. The molecule has 0 aliphatic heterocycles. The van der Waals surface area contributed by atoms with Gasteiger partial charge in [0.2, 0.25) is 0 Å². The molecule has 0 saturated heterocycles. The van der Waals surface area contributed by atoms with Crippen LogP contribution in [0.25, 0.3) is 16.9 Å². The third-order valence-electron chi connectivity index (χ3n) is 5.27. The van der Waals surface area contributed by atoms with E-state index in [0.717, 1.165) is 30.2 Å². The summed E-state index contributed by atoms with van der Waals surface area (Å²) in [4.78, 5) is 13.2. The van der Waals surface area contributed by atoms with Crippen LogP contribution in [0.3, 0.4) is 0 Å². The molecule has 0 amide bonds. The molecule has 0 aliphatic rings. The monoisotopic (exact) mass is 423 g/mol. The van der Waals surface area contributed by atoms with Crippen molar-refractivity contribution in [3.05, 3.63) is 50.4 Å². The molecule has 0 spiro atoms. The second kappa shape index (κ2) is 8.14. The Kier molecular flexibility index (Phi) is 5.98. The van der Waals surface area contributed by atoms with Gasteiger partial charge in [0, 0.05) is 18.3 Å². The van der Waals surface area contributed by atoms with Gasteiger partial charge in [-0.05, 0) is 50.3 Å². The highest BCUT2D eigenvalue weighted by molar-refractivity contribution is 6.33. The molecule has 156 valence electrons. The van der Waals surface area contributed by atoms with Crippen molar-refractivity contribution in [1.29, 1.82) is 0 Å². The van der Waals surface area contributed by atoms with Gasteiger partial charge in [0.15, 0.2) is 23.2 Å². The van der Waals surface area contributed by atoms with Gasteiger partial charge in [0.1, 0.15) is 5.52 Å². The van der Waals surface area contributed by atoms with Crippen molar-refractivity contribution in [3.8, 4) is 17.1 Å². The fourth-order valence-corrected chi connectivity index (χ4v) is 3.93. The van der Waals surface area contributed by atoms with E-state index in [9.17, 15) is 13.6 Å². The highest BCUT2D eigenvalue weighted by Crippen LogP contribution is 2.36. The number of halogens is 3. The normalized spacial score (nSPS) is 11.6. The standard InChI is InChI=1S/C21H24ClF2N3O2/c1-6-12(7-2)13-9-11(4)27-18(13)21(28)26(5)20(25-27)14-10-15(23)19(29-8-3)17(24)16(14)22/h9-10,12H,6-8H2,1-5H3. The van der Waals surface area contributed by atoms with Gasteiger partial charge < -0.3 is 4.74 Å². The summed E-state index contributed by atoms with van der Waals surface area (Å²) in [7, 11) is 1.52. The maximum atomic E-state index is 14.6. The molecular formula is C21H24ClF2N3O2. The lowest BCUT2D eigenvalue weighted by molar-refractivity contribution is 0.303. The molecule has 2 heterocycles. The minimum Gasteiger partial charge on any atom is -0.488 e. The van der Waals surface area contributed by atoms with Crippen LogP contribution >= 0.6 is 11.6 Å². The summed E-state index contributed by atoms with van der Waals surface area (Å²) in [6, 6.07) is 3.00. The molecule has 0 saturated carbocycles. The molecule has 0 aliphatic carbocycles. The Bertz CT molecular complexity index is 1130. The molecule has 0 atom stereocenters. The first-order chi connectivity index (χ1) is 13.8. The molecule has 3 aromatic rings. The number of aryl methyl sites for hydroxylation is 1. The van der Waals surface area contributed by atoms with E-state index < -0.39 is 17.4 Å². The van der Waals surface area contributed by atoms with Crippen molar-refractivity contribution in [1.82, 2.24) is 14.2 Å². The van der Waals surface area contributed by atoms with E-state index in [0.29, 0.717) is 5.52 Å². The predicted molar refractivity (Wildman–Crippen MR) is 110 cm³/mol. The summed E-state index contributed by atoms with van der Waals surface area (Å²) in [6.07, 6.45) is 1.78. The van der Waals surface area contributed by atoms with Crippen molar-refractivity contribution in [3.63, 3.8) is 0 Å². The maximum absolute atomic E-state index is 14.6. The van der Waals surface area contributed by atoms with Crippen LogP contribution in [0.1, 0.15) is 50.8 Å². The molecular weight excluding hydrogens is 400 g/mol. The molecule has 3 rings (SSSR count). The number of nitrogens with zero attached hydrogens (tertiary/aromatic N) is 3. The minimum atomic E-state index is -1.01. The van der Waals surface area contributed by atoms with E-state index in [-0.39, 0.29) is 34.5 Å². The molecule has 29 heavy (non-hydrogen) atoms. The first kappa shape index (κ1) is 21.3. The summed E-state index contributed by atoms with van der Waals surface area (Å²) < 4.78 is 36.9. The van der Waals surface area contributed by atoms with Crippen LogP contribution < -0.4 is 10.3 Å². The number of ether oxygens (including phenoxy) is 1. The molecule has 0 bridgehead atoms. The number of aromatic nitrogens is 3. The summed E-state index contributed by atoms with van der Waals surface area (Å²) in [5.41, 5.74) is 1.87. The average molecular weight is 424 g/mol. The first-order valence-electron chi connectivity index (χ1n) is 9.66. The highest BCUT2D eigenvalue weighted by atomic mass is 35.5. The van der Waals surface area contributed by atoms with Gasteiger partial charge >= 0.3 is 0 Å². The smallest absolute Gasteiger partial charge is 0.278 e. The van der Waals surface area contributed by atoms with Crippen molar-refractivity contribution in [2.75, 3.05) is 6.61 Å². The Balaban J connectivity index is 2.32.